The van der Waals surface area contributed by atoms with E-state index in [1.165, 1.54) is 6.92 Å². The van der Waals surface area contributed by atoms with Crippen LogP contribution in [0.15, 0.2) is 18.2 Å². The molecule has 0 aliphatic heterocycles. The van der Waals surface area contributed by atoms with E-state index in [0.29, 0.717) is 5.75 Å². The first kappa shape index (κ1) is 13.6. The number of hydrogen-bond donors (Lipinski definition) is 1. The second-order valence-corrected chi connectivity index (χ2v) is 5.35. The largest absolute Gasteiger partial charge is 0.479 e. The Balaban J connectivity index is 3.11. The van der Waals surface area contributed by atoms with Gasteiger partial charge in [-0.05, 0) is 30.9 Å². The molecule has 0 heterocycles. The van der Waals surface area contributed by atoms with Crippen LogP contribution in [0.2, 0.25) is 0 Å². The first-order valence-corrected chi connectivity index (χ1v) is 5.72. The summed E-state index contributed by atoms with van der Waals surface area (Å²) in [6.45, 7) is 9.80. The van der Waals surface area contributed by atoms with Gasteiger partial charge in [-0.2, -0.15) is 0 Å². The van der Waals surface area contributed by atoms with Crippen LogP contribution in [0.3, 0.4) is 0 Å². The lowest BCUT2D eigenvalue weighted by atomic mass is 9.85. The molecule has 0 saturated carbocycles. The van der Waals surface area contributed by atoms with E-state index in [1.54, 1.807) is 0 Å². The van der Waals surface area contributed by atoms with Crippen LogP contribution < -0.4 is 4.74 Å². The molecule has 0 bridgehead atoms. The molecule has 0 aromatic heterocycles. The normalized spacial score (nSPS) is 13.2. The van der Waals surface area contributed by atoms with Crippen molar-refractivity contribution in [1.29, 1.82) is 0 Å². The predicted molar refractivity (Wildman–Crippen MR) is 67.6 cm³/mol. The third kappa shape index (κ3) is 3.48. The Morgan fingerprint density at radius 1 is 1.35 bits per heavy atom. The van der Waals surface area contributed by atoms with E-state index in [4.69, 9.17) is 9.84 Å². The molecule has 17 heavy (non-hydrogen) atoms. The fraction of sp³-hybridized carbons (Fsp3) is 0.500. The molecular formula is C14H20O3. The molecule has 3 nitrogen and oxygen atoms in total. The van der Waals surface area contributed by atoms with Gasteiger partial charge in [0.05, 0.1) is 0 Å². The van der Waals surface area contributed by atoms with Crippen LogP contribution >= 0.6 is 0 Å². The fourth-order valence-corrected chi connectivity index (χ4v) is 1.57. The summed E-state index contributed by atoms with van der Waals surface area (Å²) >= 11 is 0. The Kier molecular flexibility index (Phi) is 3.81. The van der Waals surface area contributed by atoms with Gasteiger partial charge in [0.1, 0.15) is 5.75 Å². The maximum atomic E-state index is 10.8. The number of carbonyl (C=O) groups is 1. The lowest BCUT2D eigenvalue weighted by Crippen LogP contribution is -2.25. The van der Waals surface area contributed by atoms with Gasteiger partial charge in [0.25, 0.3) is 0 Å². The highest BCUT2D eigenvalue weighted by Gasteiger charge is 2.22. The first-order valence-electron chi connectivity index (χ1n) is 5.72. The molecule has 3 heteroatoms. The highest BCUT2D eigenvalue weighted by Crippen LogP contribution is 2.32. The summed E-state index contributed by atoms with van der Waals surface area (Å²) < 4.78 is 5.49. The van der Waals surface area contributed by atoms with Crippen molar-refractivity contribution >= 4 is 5.97 Å². The Bertz CT molecular complexity index is 416. The summed E-state index contributed by atoms with van der Waals surface area (Å²) in [7, 11) is 0. The zero-order valence-electron chi connectivity index (χ0n) is 11.1. The molecule has 0 aliphatic rings. The number of hydrogen-bond acceptors (Lipinski definition) is 2. The van der Waals surface area contributed by atoms with Gasteiger partial charge in [0.2, 0.25) is 0 Å². The number of aryl methyl sites for hydroxylation is 1. The van der Waals surface area contributed by atoms with Gasteiger partial charge in [-0.3, -0.25) is 0 Å². The third-order valence-corrected chi connectivity index (χ3v) is 2.59. The lowest BCUT2D eigenvalue weighted by Gasteiger charge is -2.24. The maximum Gasteiger partial charge on any atom is 0.344 e. The van der Waals surface area contributed by atoms with Crippen LogP contribution in [0.5, 0.6) is 5.75 Å². The number of aliphatic carboxylic acids is 1. The van der Waals surface area contributed by atoms with Crippen molar-refractivity contribution in [1.82, 2.24) is 0 Å². The van der Waals surface area contributed by atoms with Crippen molar-refractivity contribution < 1.29 is 14.6 Å². The van der Waals surface area contributed by atoms with Crippen molar-refractivity contribution in [3.05, 3.63) is 29.3 Å². The van der Waals surface area contributed by atoms with Crippen LogP contribution in [0.25, 0.3) is 0 Å². The minimum absolute atomic E-state index is 0.0699. The Hall–Kier alpha value is -1.51. The average molecular weight is 236 g/mol. The molecule has 1 atom stereocenters. The van der Waals surface area contributed by atoms with Gasteiger partial charge >= 0.3 is 5.97 Å². The van der Waals surface area contributed by atoms with E-state index in [1.807, 2.05) is 25.1 Å². The van der Waals surface area contributed by atoms with Gasteiger partial charge in [-0.15, -0.1) is 0 Å². The van der Waals surface area contributed by atoms with Crippen molar-refractivity contribution in [2.24, 2.45) is 0 Å². The van der Waals surface area contributed by atoms with E-state index in [9.17, 15) is 4.79 Å². The first-order chi connectivity index (χ1) is 7.71. The Morgan fingerprint density at radius 2 is 1.94 bits per heavy atom. The molecule has 94 valence electrons. The third-order valence-electron chi connectivity index (χ3n) is 2.59. The Labute approximate surface area is 102 Å². The predicted octanol–water partition coefficient (Wildman–Crippen LogP) is 3.14. The van der Waals surface area contributed by atoms with Gasteiger partial charge in [-0.1, -0.05) is 38.5 Å². The molecule has 1 N–H and O–H groups in total. The number of benzene rings is 1. The highest BCUT2D eigenvalue weighted by molar-refractivity contribution is 5.72. The van der Waals surface area contributed by atoms with Gasteiger partial charge < -0.3 is 9.84 Å². The van der Waals surface area contributed by atoms with E-state index in [0.717, 1.165) is 11.1 Å². The van der Waals surface area contributed by atoms with E-state index >= 15 is 0 Å². The molecule has 0 amide bonds. The summed E-state index contributed by atoms with van der Waals surface area (Å²) in [6.07, 6.45) is -0.834. The molecule has 0 fully saturated rings. The maximum absolute atomic E-state index is 10.8. The van der Waals surface area contributed by atoms with E-state index in [2.05, 4.69) is 20.8 Å². The van der Waals surface area contributed by atoms with Crippen LogP contribution in [-0.4, -0.2) is 17.2 Å². The monoisotopic (exact) mass is 236 g/mol. The van der Waals surface area contributed by atoms with Crippen molar-refractivity contribution in [2.45, 2.75) is 46.1 Å². The molecule has 1 aromatic carbocycles. The zero-order valence-corrected chi connectivity index (χ0v) is 11.1. The average Bonchev–Trinajstić information content (AvgIpc) is 2.18. The summed E-state index contributed by atoms with van der Waals surface area (Å²) in [5.41, 5.74) is 2.11. The summed E-state index contributed by atoms with van der Waals surface area (Å²) in [5, 5.41) is 8.87. The van der Waals surface area contributed by atoms with Crippen LogP contribution in [0.4, 0.5) is 0 Å². The van der Waals surface area contributed by atoms with Crippen LogP contribution in [0.1, 0.15) is 38.8 Å². The van der Waals surface area contributed by atoms with Gasteiger partial charge in [0, 0.05) is 0 Å². The summed E-state index contributed by atoms with van der Waals surface area (Å²) in [4.78, 5) is 10.8. The number of carboxylic acid groups (broad SMARTS) is 1. The minimum Gasteiger partial charge on any atom is -0.479 e. The summed E-state index contributed by atoms with van der Waals surface area (Å²) in [6, 6.07) is 5.82. The van der Waals surface area contributed by atoms with Crippen LogP contribution in [0, 0.1) is 6.92 Å². The van der Waals surface area contributed by atoms with E-state index < -0.39 is 12.1 Å². The van der Waals surface area contributed by atoms with E-state index in [-0.39, 0.29) is 5.41 Å². The molecule has 0 saturated heterocycles. The number of ether oxygens (including phenoxy) is 1. The number of rotatable bonds is 3. The quantitative estimate of drug-likeness (QED) is 0.877. The molecule has 1 aromatic rings. The molecule has 0 spiro atoms. The molecule has 1 rings (SSSR count). The molecule has 0 aliphatic carbocycles. The lowest BCUT2D eigenvalue weighted by molar-refractivity contribution is -0.144. The second-order valence-electron chi connectivity index (χ2n) is 5.35. The van der Waals surface area contributed by atoms with Crippen molar-refractivity contribution in [3.8, 4) is 5.75 Å². The van der Waals surface area contributed by atoms with Gasteiger partial charge in [0.15, 0.2) is 6.10 Å². The van der Waals surface area contributed by atoms with Crippen molar-refractivity contribution in [2.75, 3.05) is 0 Å². The standard InChI is InChI=1S/C14H20O3/c1-9-6-7-12(17-10(2)13(15)16)11(8-9)14(3,4)5/h6-8,10H,1-5H3,(H,15,16). The molecular weight excluding hydrogens is 216 g/mol. The second kappa shape index (κ2) is 4.78. The topological polar surface area (TPSA) is 46.5 Å². The highest BCUT2D eigenvalue weighted by atomic mass is 16.5. The molecule has 1 unspecified atom stereocenters. The minimum atomic E-state index is -0.953. The van der Waals surface area contributed by atoms with Crippen LogP contribution in [-0.2, 0) is 10.2 Å². The fourth-order valence-electron chi connectivity index (χ4n) is 1.57. The summed E-state index contributed by atoms with van der Waals surface area (Å²) in [5.74, 6) is -0.302. The number of carboxylic acids is 1. The molecule has 0 radical (unpaired) electrons. The smallest absolute Gasteiger partial charge is 0.344 e. The van der Waals surface area contributed by atoms with Gasteiger partial charge in [-0.25, -0.2) is 4.79 Å². The Morgan fingerprint density at radius 3 is 2.41 bits per heavy atom. The zero-order chi connectivity index (χ0) is 13.2. The SMILES string of the molecule is Cc1ccc(OC(C)C(=O)O)c(C(C)(C)C)c1. The van der Waals surface area contributed by atoms with Crippen molar-refractivity contribution in [3.63, 3.8) is 0 Å².